The van der Waals surface area contributed by atoms with Crippen LogP contribution < -0.4 is 5.32 Å². The first-order valence-electron chi connectivity index (χ1n) is 4.54. The lowest BCUT2D eigenvalue weighted by molar-refractivity contribution is -0.111. The molecule has 1 aromatic carbocycles. The Bertz CT molecular complexity index is 451. The molecule has 1 aromatic rings. The van der Waals surface area contributed by atoms with Crippen LogP contribution in [0.1, 0.15) is 17.3 Å². The maximum atomic E-state index is 11.1. The number of aromatic hydroxyl groups is 1. The van der Waals surface area contributed by atoms with E-state index in [0.717, 1.165) is 0 Å². The first-order chi connectivity index (χ1) is 7.54. The second-order valence-electron chi connectivity index (χ2n) is 3.03. The van der Waals surface area contributed by atoms with Gasteiger partial charge in [0.1, 0.15) is 11.3 Å². The van der Waals surface area contributed by atoms with E-state index in [1.54, 1.807) is 13.0 Å². The number of allylic oxidation sites excluding steroid dienone is 1. The van der Waals surface area contributed by atoms with Gasteiger partial charge in [0.2, 0.25) is 5.91 Å². The topological polar surface area (TPSA) is 86.6 Å². The number of nitrogens with one attached hydrogen (secondary N) is 1. The van der Waals surface area contributed by atoms with Gasteiger partial charge in [-0.2, -0.15) is 0 Å². The number of hydrogen-bond donors (Lipinski definition) is 3. The fraction of sp³-hybridized carbons (Fsp3) is 0.0909. The molecule has 84 valence electrons. The molecule has 3 N–H and O–H groups in total. The lowest BCUT2D eigenvalue weighted by Crippen LogP contribution is -2.08. The van der Waals surface area contributed by atoms with Crippen molar-refractivity contribution < 1.29 is 19.8 Å². The fourth-order valence-electron chi connectivity index (χ4n) is 1.13. The highest BCUT2D eigenvalue weighted by Gasteiger charge is 2.09. The van der Waals surface area contributed by atoms with Crippen LogP contribution >= 0.6 is 0 Å². The number of carbonyl (C=O) groups is 2. The summed E-state index contributed by atoms with van der Waals surface area (Å²) < 4.78 is 0. The number of aromatic carboxylic acids is 1. The molecule has 0 bridgehead atoms. The average molecular weight is 221 g/mol. The Balaban J connectivity index is 2.89. The zero-order valence-electron chi connectivity index (χ0n) is 8.60. The van der Waals surface area contributed by atoms with Crippen LogP contribution in [-0.2, 0) is 4.79 Å². The Morgan fingerprint density at radius 2 is 2.06 bits per heavy atom. The Kier molecular flexibility index (Phi) is 3.66. The van der Waals surface area contributed by atoms with E-state index in [1.807, 2.05) is 0 Å². The monoisotopic (exact) mass is 221 g/mol. The molecule has 0 aliphatic carbocycles. The molecule has 0 saturated heterocycles. The molecule has 5 nitrogen and oxygen atoms in total. The van der Waals surface area contributed by atoms with E-state index in [2.05, 4.69) is 5.32 Å². The smallest absolute Gasteiger partial charge is 0.339 e. The molecular formula is C11H11NO4. The van der Waals surface area contributed by atoms with E-state index in [9.17, 15) is 14.7 Å². The number of carbonyl (C=O) groups excluding carboxylic acids is 1. The predicted molar refractivity (Wildman–Crippen MR) is 58.5 cm³/mol. The van der Waals surface area contributed by atoms with Gasteiger partial charge in [0.15, 0.2) is 0 Å². The van der Waals surface area contributed by atoms with Crippen LogP contribution in [0.15, 0.2) is 30.4 Å². The van der Waals surface area contributed by atoms with Crippen molar-refractivity contribution in [2.24, 2.45) is 0 Å². The second-order valence-corrected chi connectivity index (χ2v) is 3.03. The van der Waals surface area contributed by atoms with Crippen molar-refractivity contribution in [3.8, 4) is 5.75 Å². The largest absolute Gasteiger partial charge is 0.507 e. The molecule has 16 heavy (non-hydrogen) atoms. The van der Waals surface area contributed by atoms with Crippen LogP contribution in [0.4, 0.5) is 5.69 Å². The van der Waals surface area contributed by atoms with Gasteiger partial charge in [-0.05, 0) is 25.1 Å². The molecule has 0 fully saturated rings. The summed E-state index contributed by atoms with van der Waals surface area (Å²) in [6.45, 7) is 1.70. The van der Waals surface area contributed by atoms with Crippen LogP contribution in [0.25, 0.3) is 0 Å². The zero-order chi connectivity index (χ0) is 12.1. The van der Waals surface area contributed by atoms with Gasteiger partial charge in [0.05, 0.1) is 0 Å². The van der Waals surface area contributed by atoms with Crippen LogP contribution in [0.3, 0.4) is 0 Å². The third kappa shape index (κ3) is 2.84. The normalized spacial score (nSPS) is 10.3. The summed E-state index contributed by atoms with van der Waals surface area (Å²) in [5.41, 5.74) is 0.134. The van der Waals surface area contributed by atoms with E-state index >= 15 is 0 Å². The van der Waals surface area contributed by atoms with Crippen LogP contribution in [0.2, 0.25) is 0 Å². The minimum atomic E-state index is -1.22. The maximum absolute atomic E-state index is 11.1. The number of anilines is 1. The molecule has 0 heterocycles. The van der Waals surface area contributed by atoms with Crippen molar-refractivity contribution in [2.45, 2.75) is 6.92 Å². The minimum absolute atomic E-state index is 0.205. The van der Waals surface area contributed by atoms with Crippen molar-refractivity contribution in [3.05, 3.63) is 35.9 Å². The number of carboxylic acids is 1. The Morgan fingerprint density at radius 1 is 1.38 bits per heavy atom. The van der Waals surface area contributed by atoms with Crippen LogP contribution in [0.5, 0.6) is 5.75 Å². The Morgan fingerprint density at radius 3 is 2.56 bits per heavy atom. The number of rotatable bonds is 3. The summed E-state index contributed by atoms with van der Waals surface area (Å²) in [5, 5.41) is 20.5. The van der Waals surface area contributed by atoms with Crippen molar-refractivity contribution in [2.75, 3.05) is 5.32 Å². The van der Waals surface area contributed by atoms with E-state index in [1.165, 1.54) is 24.3 Å². The van der Waals surface area contributed by atoms with E-state index < -0.39 is 5.97 Å². The molecule has 5 heteroatoms. The van der Waals surface area contributed by atoms with Crippen LogP contribution in [-0.4, -0.2) is 22.1 Å². The molecule has 0 aromatic heterocycles. The first-order valence-corrected chi connectivity index (χ1v) is 4.54. The van der Waals surface area contributed by atoms with Gasteiger partial charge in [-0.1, -0.05) is 6.08 Å². The molecule has 1 rings (SSSR count). The lowest BCUT2D eigenvalue weighted by Gasteiger charge is -2.04. The molecule has 0 atom stereocenters. The molecular weight excluding hydrogens is 210 g/mol. The summed E-state index contributed by atoms with van der Waals surface area (Å²) in [4.78, 5) is 21.7. The second kappa shape index (κ2) is 4.97. The fourth-order valence-corrected chi connectivity index (χ4v) is 1.13. The Hall–Kier alpha value is -2.30. The first kappa shape index (κ1) is 11.8. The molecule has 0 saturated carbocycles. The average Bonchev–Trinajstić information content (AvgIpc) is 2.17. The minimum Gasteiger partial charge on any atom is -0.507 e. The van der Waals surface area contributed by atoms with Crippen molar-refractivity contribution in [3.63, 3.8) is 0 Å². The van der Waals surface area contributed by atoms with Gasteiger partial charge in [0, 0.05) is 11.8 Å². The summed E-state index contributed by atoms with van der Waals surface area (Å²) in [5.74, 6) is -1.94. The standard InChI is InChI=1S/C11H11NO4/c1-2-3-10(14)12-7-4-5-8(11(15)16)9(13)6-7/h2-6,13H,1H3,(H,12,14)(H,15,16)/b3-2-. The lowest BCUT2D eigenvalue weighted by atomic mass is 10.2. The molecule has 0 aliphatic heterocycles. The third-order valence-electron chi connectivity index (χ3n) is 1.81. The molecule has 0 radical (unpaired) electrons. The van der Waals surface area contributed by atoms with Crippen molar-refractivity contribution in [1.82, 2.24) is 0 Å². The summed E-state index contributed by atoms with van der Waals surface area (Å²) >= 11 is 0. The van der Waals surface area contributed by atoms with Gasteiger partial charge < -0.3 is 15.5 Å². The number of phenols is 1. The highest BCUT2D eigenvalue weighted by atomic mass is 16.4. The van der Waals surface area contributed by atoms with Gasteiger partial charge >= 0.3 is 5.97 Å². The third-order valence-corrected chi connectivity index (χ3v) is 1.81. The predicted octanol–water partition coefficient (Wildman–Crippen LogP) is 1.60. The quantitative estimate of drug-likeness (QED) is 0.676. The number of hydrogen-bond acceptors (Lipinski definition) is 3. The van der Waals surface area contributed by atoms with E-state index in [-0.39, 0.29) is 17.2 Å². The van der Waals surface area contributed by atoms with Gasteiger partial charge in [-0.15, -0.1) is 0 Å². The molecule has 0 unspecified atom stereocenters. The SMILES string of the molecule is C/C=C\C(=O)Nc1ccc(C(=O)O)c(O)c1. The zero-order valence-corrected chi connectivity index (χ0v) is 8.60. The van der Waals surface area contributed by atoms with E-state index in [0.29, 0.717) is 5.69 Å². The Labute approximate surface area is 92.0 Å². The van der Waals surface area contributed by atoms with Gasteiger partial charge in [-0.3, -0.25) is 4.79 Å². The summed E-state index contributed by atoms with van der Waals surface area (Å²) in [7, 11) is 0. The summed E-state index contributed by atoms with van der Waals surface area (Å²) in [6, 6.07) is 3.82. The molecule has 0 aliphatic rings. The number of amides is 1. The highest BCUT2D eigenvalue weighted by Crippen LogP contribution is 2.21. The van der Waals surface area contributed by atoms with Crippen LogP contribution in [0, 0.1) is 0 Å². The van der Waals surface area contributed by atoms with Crippen molar-refractivity contribution >= 4 is 17.6 Å². The van der Waals surface area contributed by atoms with Gasteiger partial charge in [-0.25, -0.2) is 4.79 Å². The summed E-state index contributed by atoms with van der Waals surface area (Å²) in [6.07, 6.45) is 2.89. The molecule has 1 amide bonds. The van der Waals surface area contributed by atoms with E-state index in [4.69, 9.17) is 5.11 Å². The molecule has 0 spiro atoms. The number of carboxylic acid groups (broad SMARTS) is 1. The number of benzene rings is 1. The maximum Gasteiger partial charge on any atom is 0.339 e. The van der Waals surface area contributed by atoms with Crippen molar-refractivity contribution in [1.29, 1.82) is 0 Å². The van der Waals surface area contributed by atoms with Gasteiger partial charge in [0.25, 0.3) is 0 Å². The highest BCUT2D eigenvalue weighted by molar-refractivity contribution is 6.00.